The topological polar surface area (TPSA) is 69.1 Å². The number of unbranched alkanes of at least 4 members (excludes halogenated alkanes) is 1. The smallest absolute Gasteiger partial charge is 0.159 e. The summed E-state index contributed by atoms with van der Waals surface area (Å²) in [5.74, 6) is 0.355. The molecule has 0 aliphatic heterocycles. The Labute approximate surface area is 111 Å². The van der Waals surface area contributed by atoms with Gasteiger partial charge in [0.1, 0.15) is 0 Å². The van der Waals surface area contributed by atoms with Crippen molar-refractivity contribution in [3.05, 3.63) is 23.3 Å². The number of ketones is 1. The fraction of sp³-hybridized carbons (Fsp3) is 0.667. The zero-order valence-corrected chi connectivity index (χ0v) is 11.9. The van der Waals surface area contributed by atoms with Crippen LogP contribution in [0, 0.1) is 0 Å². The van der Waals surface area contributed by atoms with Crippen molar-refractivity contribution in [3.63, 3.8) is 0 Å². The van der Waals surface area contributed by atoms with Crippen molar-refractivity contribution in [2.24, 2.45) is 11.5 Å². The van der Waals surface area contributed by atoms with Gasteiger partial charge in [-0.05, 0) is 57.7 Å². The SMILES string of the molecule is CC/C=C/CC1=C(C)CCC1=O.NCCCCN. The molecule has 0 atom stereocenters. The Hall–Kier alpha value is -0.930. The first-order valence-corrected chi connectivity index (χ1v) is 6.94. The largest absolute Gasteiger partial charge is 0.330 e. The molecule has 0 spiro atoms. The number of nitrogens with two attached hydrogens (primary N) is 2. The van der Waals surface area contributed by atoms with Crippen LogP contribution < -0.4 is 11.5 Å². The number of carbonyl (C=O) groups excluding carboxylic acids is 1. The number of hydrogen-bond donors (Lipinski definition) is 2. The lowest BCUT2D eigenvalue weighted by Gasteiger charge is -1.96. The van der Waals surface area contributed by atoms with E-state index in [0.29, 0.717) is 5.78 Å². The van der Waals surface area contributed by atoms with Gasteiger partial charge in [0.15, 0.2) is 5.78 Å². The third kappa shape index (κ3) is 7.41. The highest BCUT2D eigenvalue weighted by molar-refractivity contribution is 5.98. The van der Waals surface area contributed by atoms with Gasteiger partial charge < -0.3 is 11.5 Å². The summed E-state index contributed by atoms with van der Waals surface area (Å²) in [5, 5.41) is 0. The zero-order valence-electron chi connectivity index (χ0n) is 11.9. The maximum Gasteiger partial charge on any atom is 0.159 e. The van der Waals surface area contributed by atoms with E-state index in [1.54, 1.807) is 0 Å². The molecule has 0 fully saturated rings. The second-order valence-electron chi connectivity index (χ2n) is 4.55. The summed E-state index contributed by atoms with van der Waals surface area (Å²) in [6.45, 7) is 5.72. The molecule has 1 aliphatic carbocycles. The van der Waals surface area contributed by atoms with E-state index in [1.165, 1.54) is 5.57 Å². The van der Waals surface area contributed by atoms with Crippen molar-refractivity contribution in [1.82, 2.24) is 0 Å². The highest BCUT2D eigenvalue weighted by Gasteiger charge is 2.17. The molecule has 0 radical (unpaired) electrons. The van der Waals surface area contributed by atoms with Gasteiger partial charge in [0.2, 0.25) is 0 Å². The maximum absolute atomic E-state index is 11.3. The fourth-order valence-electron chi connectivity index (χ4n) is 1.79. The monoisotopic (exact) mass is 252 g/mol. The van der Waals surface area contributed by atoms with Crippen LogP contribution in [0.5, 0.6) is 0 Å². The van der Waals surface area contributed by atoms with Crippen molar-refractivity contribution < 1.29 is 4.79 Å². The van der Waals surface area contributed by atoms with Crippen molar-refractivity contribution in [3.8, 4) is 0 Å². The van der Waals surface area contributed by atoms with Crippen LogP contribution in [0.2, 0.25) is 0 Å². The zero-order chi connectivity index (χ0) is 13.8. The molecular weight excluding hydrogens is 224 g/mol. The first-order chi connectivity index (χ1) is 8.67. The predicted molar refractivity (Wildman–Crippen MR) is 78.3 cm³/mol. The lowest BCUT2D eigenvalue weighted by molar-refractivity contribution is -0.114. The van der Waals surface area contributed by atoms with Gasteiger partial charge in [-0.2, -0.15) is 0 Å². The summed E-state index contributed by atoms with van der Waals surface area (Å²) in [4.78, 5) is 11.3. The molecule has 0 aromatic carbocycles. The van der Waals surface area contributed by atoms with Crippen LogP contribution in [0.25, 0.3) is 0 Å². The second kappa shape index (κ2) is 11.2. The van der Waals surface area contributed by atoms with E-state index in [2.05, 4.69) is 26.0 Å². The van der Waals surface area contributed by atoms with E-state index in [9.17, 15) is 4.79 Å². The minimum Gasteiger partial charge on any atom is -0.330 e. The number of Topliss-reactive ketones (excluding diaryl/α,β-unsaturated/α-hetero) is 1. The molecule has 3 nitrogen and oxygen atoms in total. The number of rotatable bonds is 6. The summed E-state index contributed by atoms with van der Waals surface area (Å²) in [5.41, 5.74) is 12.7. The molecule has 0 heterocycles. The van der Waals surface area contributed by atoms with E-state index in [-0.39, 0.29) is 0 Å². The van der Waals surface area contributed by atoms with E-state index in [1.807, 2.05) is 0 Å². The molecule has 0 unspecified atom stereocenters. The van der Waals surface area contributed by atoms with Gasteiger partial charge in [-0.25, -0.2) is 0 Å². The van der Waals surface area contributed by atoms with E-state index < -0.39 is 0 Å². The lowest BCUT2D eigenvalue weighted by Crippen LogP contribution is -2.03. The van der Waals surface area contributed by atoms with Crippen molar-refractivity contribution >= 4 is 5.78 Å². The Morgan fingerprint density at radius 1 is 1.11 bits per heavy atom. The Bertz CT molecular complexity index is 289. The van der Waals surface area contributed by atoms with Crippen LogP contribution in [0.4, 0.5) is 0 Å². The highest BCUT2D eigenvalue weighted by Crippen LogP contribution is 2.24. The van der Waals surface area contributed by atoms with Gasteiger partial charge in [0.05, 0.1) is 0 Å². The Kier molecular flexibility index (Phi) is 10.6. The number of carbonyl (C=O) groups is 1. The van der Waals surface area contributed by atoms with Crippen LogP contribution in [0.3, 0.4) is 0 Å². The maximum atomic E-state index is 11.3. The first-order valence-electron chi connectivity index (χ1n) is 6.94. The van der Waals surface area contributed by atoms with Gasteiger partial charge in [0.25, 0.3) is 0 Å². The van der Waals surface area contributed by atoms with Crippen LogP contribution in [0.15, 0.2) is 23.3 Å². The Morgan fingerprint density at radius 2 is 1.72 bits per heavy atom. The van der Waals surface area contributed by atoms with E-state index >= 15 is 0 Å². The van der Waals surface area contributed by atoms with Gasteiger partial charge in [-0.15, -0.1) is 0 Å². The molecule has 0 saturated carbocycles. The lowest BCUT2D eigenvalue weighted by atomic mass is 10.1. The Balaban J connectivity index is 0.000000411. The Morgan fingerprint density at radius 3 is 2.11 bits per heavy atom. The van der Waals surface area contributed by atoms with Crippen molar-refractivity contribution in [1.29, 1.82) is 0 Å². The summed E-state index contributed by atoms with van der Waals surface area (Å²) in [7, 11) is 0. The molecule has 0 amide bonds. The van der Waals surface area contributed by atoms with Gasteiger partial charge in [0, 0.05) is 6.42 Å². The number of hydrogen-bond acceptors (Lipinski definition) is 3. The quantitative estimate of drug-likeness (QED) is 0.564. The molecule has 4 N–H and O–H groups in total. The molecular formula is C15H28N2O. The second-order valence-corrected chi connectivity index (χ2v) is 4.55. The summed E-state index contributed by atoms with van der Waals surface area (Å²) in [6, 6.07) is 0. The van der Waals surface area contributed by atoms with E-state index in [4.69, 9.17) is 11.5 Å². The van der Waals surface area contributed by atoms with Crippen LogP contribution in [-0.2, 0) is 4.79 Å². The molecule has 0 aromatic heterocycles. The third-order valence-corrected chi connectivity index (χ3v) is 2.96. The van der Waals surface area contributed by atoms with Crippen LogP contribution >= 0.6 is 0 Å². The van der Waals surface area contributed by atoms with Gasteiger partial charge in [-0.1, -0.05) is 24.6 Å². The van der Waals surface area contributed by atoms with Crippen LogP contribution in [0.1, 0.15) is 52.4 Å². The summed E-state index contributed by atoms with van der Waals surface area (Å²) in [6.07, 6.45) is 9.97. The predicted octanol–water partition coefficient (Wildman–Crippen LogP) is 2.71. The van der Waals surface area contributed by atoms with Crippen molar-refractivity contribution in [2.45, 2.75) is 52.4 Å². The third-order valence-electron chi connectivity index (χ3n) is 2.96. The van der Waals surface area contributed by atoms with Crippen molar-refractivity contribution in [2.75, 3.05) is 13.1 Å². The first kappa shape index (κ1) is 17.1. The fourth-order valence-corrected chi connectivity index (χ4v) is 1.79. The molecule has 0 aromatic rings. The van der Waals surface area contributed by atoms with E-state index in [0.717, 1.165) is 57.2 Å². The molecule has 3 heteroatoms. The molecule has 0 bridgehead atoms. The minimum atomic E-state index is 0.355. The summed E-state index contributed by atoms with van der Waals surface area (Å²) < 4.78 is 0. The normalized spacial score (nSPS) is 15.2. The molecule has 0 saturated heterocycles. The number of allylic oxidation sites excluding steroid dienone is 4. The average Bonchev–Trinajstić information content (AvgIpc) is 2.69. The average molecular weight is 252 g/mol. The molecule has 104 valence electrons. The van der Waals surface area contributed by atoms with Gasteiger partial charge in [-0.3, -0.25) is 4.79 Å². The molecule has 1 aliphatic rings. The van der Waals surface area contributed by atoms with Gasteiger partial charge >= 0.3 is 0 Å². The van der Waals surface area contributed by atoms with Crippen LogP contribution in [-0.4, -0.2) is 18.9 Å². The molecule has 1 rings (SSSR count). The highest BCUT2D eigenvalue weighted by atomic mass is 16.1. The standard InChI is InChI=1S/C11H16O.C4H12N2/c1-3-4-5-6-10-9(2)7-8-11(10)12;5-3-1-2-4-6/h4-5H,3,6-8H2,1-2H3;1-6H2/b5-4+;. The molecule has 18 heavy (non-hydrogen) atoms. The minimum absolute atomic E-state index is 0.355. The summed E-state index contributed by atoms with van der Waals surface area (Å²) >= 11 is 0.